The number of aromatic nitrogens is 5. The summed E-state index contributed by atoms with van der Waals surface area (Å²) in [5.74, 6) is 1.96. The van der Waals surface area contributed by atoms with Crippen molar-refractivity contribution in [3.63, 3.8) is 0 Å². The molecule has 2 aliphatic rings. The SMILES string of the molecule is Cn1cc2c(Cl)c(C(=N)c3ncc(N4CCC5C(C4)C5(CN)c4cc(CO)on4)nc3N)ccc2n1. The molecule has 4 heterocycles. The molecule has 1 aromatic carbocycles. The van der Waals surface area contributed by atoms with Crippen molar-refractivity contribution in [2.45, 2.75) is 18.4 Å². The number of hydrogen-bond donors (Lipinski definition) is 4. The number of aliphatic hydroxyl groups is 1. The number of nitrogens with one attached hydrogen (secondary N) is 1. The Hall–Kier alpha value is -3.54. The summed E-state index contributed by atoms with van der Waals surface area (Å²) in [6, 6.07) is 5.39. The molecular formula is C24H26ClN9O2. The molecule has 3 unspecified atom stereocenters. The van der Waals surface area contributed by atoms with Gasteiger partial charge in [-0.3, -0.25) is 10.1 Å². The number of nitrogen functional groups attached to an aromatic ring is 1. The van der Waals surface area contributed by atoms with Crippen LogP contribution in [0.4, 0.5) is 11.6 Å². The van der Waals surface area contributed by atoms with Crippen LogP contribution in [0.1, 0.15) is 29.1 Å². The Morgan fingerprint density at radius 1 is 1.36 bits per heavy atom. The molecule has 3 atom stereocenters. The molecule has 2 fully saturated rings. The van der Waals surface area contributed by atoms with Gasteiger partial charge in [-0.05, 0) is 30.4 Å². The van der Waals surface area contributed by atoms with E-state index in [1.54, 1.807) is 16.9 Å². The van der Waals surface area contributed by atoms with Crippen molar-refractivity contribution < 1.29 is 9.63 Å². The Morgan fingerprint density at radius 3 is 2.92 bits per heavy atom. The van der Waals surface area contributed by atoms with E-state index in [2.05, 4.69) is 25.1 Å². The molecule has 1 saturated carbocycles. The zero-order valence-corrected chi connectivity index (χ0v) is 20.4. The van der Waals surface area contributed by atoms with Gasteiger partial charge in [0, 0.05) is 55.3 Å². The number of benzene rings is 1. The molecule has 0 amide bonds. The van der Waals surface area contributed by atoms with Crippen LogP contribution in [0.15, 0.2) is 35.1 Å². The number of nitrogens with two attached hydrogens (primary N) is 2. The summed E-state index contributed by atoms with van der Waals surface area (Å²) in [6.07, 6.45) is 4.39. The molecular weight excluding hydrogens is 482 g/mol. The summed E-state index contributed by atoms with van der Waals surface area (Å²) in [4.78, 5) is 11.3. The number of halogens is 1. The van der Waals surface area contributed by atoms with E-state index in [1.807, 2.05) is 25.4 Å². The number of hydrogen-bond acceptors (Lipinski definition) is 10. The minimum atomic E-state index is -0.256. The van der Waals surface area contributed by atoms with Crippen molar-refractivity contribution in [1.82, 2.24) is 24.9 Å². The van der Waals surface area contributed by atoms with Crippen LogP contribution in [0.5, 0.6) is 0 Å². The molecule has 6 N–H and O–H groups in total. The largest absolute Gasteiger partial charge is 0.388 e. The number of rotatable bonds is 6. The molecule has 6 rings (SSSR count). The van der Waals surface area contributed by atoms with Crippen molar-refractivity contribution in [2.75, 3.05) is 30.3 Å². The van der Waals surface area contributed by atoms with E-state index < -0.39 is 0 Å². The van der Waals surface area contributed by atoms with Gasteiger partial charge in [0.25, 0.3) is 0 Å². The Kier molecular flexibility index (Phi) is 5.25. The van der Waals surface area contributed by atoms with Gasteiger partial charge < -0.3 is 26.0 Å². The van der Waals surface area contributed by atoms with Gasteiger partial charge in [-0.1, -0.05) is 16.8 Å². The van der Waals surface area contributed by atoms with Crippen LogP contribution in [0.3, 0.4) is 0 Å². The molecule has 186 valence electrons. The fourth-order valence-electron chi connectivity index (χ4n) is 5.82. The minimum absolute atomic E-state index is 0.107. The number of fused-ring (bicyclic) bond motifs is 2. The Labute approximate surface area is 211 Å². The second-order valence-electron chi connectivity index (χ2n) is 9.53. The van der Waals surface area contributed by atoms with Gasteiger partial charge in [-0.15, -0.1) is 0 Å². The predicted molar refractivity (Wildman–Crippen MR) is 135 cm³/mol. The van der Waals surface area contributed by atoms with Gasteiger partial charge in [0.1, 0.15) is 18.1 Å². The van der Waals surface area contributed by atoms with E-state index in [1.165, 1.54) is 0 Å². The maximum atomic E-state index is 9.36. The third kappa shape index (κ3) is 3.30. The lowest BCUT2D eigenvalue weighted by Crippen LogP contribution is -2.33. The molecule has 1 aliphatic heterocycles. The Morgan fingerprint density at radius 2 is 2.19 bits per heavy atom. The standard InChI is InChI=1S/C24H26ClN9O2/c1-33-8-14-17(31-33)3-2-13(20(14)25)21(27)22-23(28)30-19(7-29-22)34-5-4-15-16(9-34)24(15,11-26)18-6-12(10-35)36-32-18/h2-3,6-8,15-16,27,35H,4-5,9-11,26H2,1H3,(H2,28,30). The van der Waals surface area contributed by atoms with Gasteiger partial charge in [-0.2, -0.15) is 5.10 Å². The molecule has 1 saturated heterocycles. The lowest BCUT2D eigenvalue weighted by atomic mass is 9.96. The zero-order chi connectivity index (χ0) is 25.2. The number of nitrogens with zero attached hydrogens (tertiary/aromatic N) is 6. The molecule has 3 aromatic heterocycles. The van der Waals surface area contributed by atoms with Crippen molar-refractivity contribution in [1.29, 1.82) is 5.41 Å². The third-order valence-electron chi connectivity index (χ3n) is 7.71. The summed E-state index contributed by atoms with van der Waals surface area (Å²) in [5, 5.41) is 27.8. The number of aliphatic hydroxyl groups excluding tert-OH is 1. The van der Waals surface area contributed by atoms with E-state index in [-0.39, 0.29) is 29.2 Å². The van der Waals surface area contributed by atoms with Gasteiger partial charge in [-0.25, -0.2) is 9.97 Å². The van der Waals surface area contributed by atoms with Crippen LogP contribution >= 0.6 is 11.6 Å². The Bertz CT molecular complexity index is 1500. The van der Waals surface area contributed by atoms with Gasteiger partial charge in [0.05, 0.1) is 28.1 Å². The van der Waals surface area contributed by atoms with Gasteiger partial charge >= 0.3 is 0 Å². The zero-order valence-electron chi connectivity index (χ0n) is 19.6. The van der Waals surface area contributed by atoms with Crippen LogP contribution in [-0.2, 0) is 19.1 Å². The highest BCUT2D eigenvalue weighted by molar-refractivity contribution is 6.39. The second kappa shape index (κ2) is 8.26. The monoisotopic (exact) mass is 507 g/mol. The van der Waals surface area contributed by atoms with E-state index in [4.69, 9.17) is 33.0 Å². The van der Waals surface area contributed by atoms with Crippen LogP contribution in [-0.4, -0.2) is 55.4 Å². The maximum Gasteiger partial charge on any atom is 0.162 e. The van der Waals surface area contributed by atoms with Crippen molar-refractivity contribution in [3.05, 3.63) is 58.3 Å². The van der Waals surface area contributed by atoms with E-state index in [0.717, 1.165) is 36.1 Å². The van der Waals surface area contributed by atoms with E-state index in [9.17, 15) is 5.11 Å². The molecule has 0 spiro atoms. The maximum absolute atomic E-state index is 9.36. The molecule has 12 heteroatoms. The second-order valence-corrected chi connectivity index (χ2v) is 9.91. The van der Waals surface area contributed by atoms with Crippen molar-refractivity contribution in [2.24, 2.45) is 24.6 Å². The topological polar surface area (TPSA) is 169 Å². The van der Waals surface area contributed by atoms with Crippen molar-refractivity contribution in [3.8, 4) is 0 Å². The summed E-state index contributed by atoms with van der Waals surface area (Å²) in [5.41, 5.74) is 14.7. The number of piperidine rings is 1. The van der Waals surface area contributed by atoms with Crippen LogP contribution in [0, 0.1) is 17.2 Å². The summed E-state index contributed by atoms with van der Waals surface area (Å²) in [6.45, 7) is 1.78. The van der Waals surface area contributed by atoms with Gasteiger partial charge in [0.2, 0.25) is 0 Å². The molecule has 1 aliphatic carbocycles. The minimum Gasteiger partial charge on any atom is -0.388 e. The first-order chi connectivity index (χ1) is 17.4. The number of anilines is 2. The lowest BCUT2D eigenvalue weighted by Gasteiger charge is -2.27. The molecule has 0 bridgehead atoms. The van der Waals surface area contributed by atoms with Crippen LogP contribution < -0.4 is 16.4 Å². The first kappa shape index (κ1) is 22.9. The molecule has 11 nitrogen and oxygen atoms in total. The normalized spacial score (nSPS) is 23.2. The average molecular weight is 508 g/mol. The highest BCUT2D eigenvalue weighted by Gasteiger charge is 2.67. The molecule has 0 radical (unpaired) electrons. The van der Waals surface area contributed by atoms with Crippen molar-refractivity contribution >= 4 is 39.9 Å². The first-order valence-electron chi connectivity index (χ1n) is 11.7. The van der Waals surface area contributed by atoms with Crippen LogP contribution in [0.2, 0.25) is 5.02 Å². The highest BCUT2D eigenvalue weighted by atomic mass is 35.5. The number of aryl methyl sites for hydroxylation is 1. The Balaban J connectivity index is 1.24. The lowest BCUT2D eigenvalue weighted by molar-refractivity contribution is 0.228. The van der Waals surface area contributed by atoms with E-state index >= 15 is 0 Å². The molecule has 4 aromatic rings. The first-order valence-corrected chi connectivity index (χ1v) is 12.1. The average Bonchev–Trinajstić information content (AvgIpc) is 3.15. The summed E-state index contributed by atoms with van der Waals surface area (Å²) in [7, 11) is 1.82. The molecule has 36 heavy (non-hydrogen) atoms. The van der Waals surface area contributed by atoms with Gasteiger partial charge in [0.15, 0.2) is 11.6 Å². The smallest absolute Gasteiger partial charge is 0.162 e. The fourth-order valence-corrected chi connectivity index (χ4v) is 6.12. The van der Waals surface area contributed by atoms with Crippen LogP contribution in [0.25, 0.3) is 10.9 Å². The predicted octanol–water partition coefficient (Wildman–Crippen LogP) is 1.85. The summed E-state index contributed by atoms with van der Waals surface area (Å²) >= 11 is 6.60. The third-order valence-corrected chi connectivity index (χ3v) is 8.12. The van der Waals surface area contributed by atoms with E-state index in [0.29, 0.717) is 40.5 Å². The highest BCUT2D eigenvalue weighted by Crippen LogP contribution is 2.62. The fraction of sp³-hybridized carbons (Fsp3) is 0.375. The quantitative estimate of drug-likeness (QED) is 0.284. The summed E-state index contributed by atoms with van der Waals surface area (Å²) < 4.78 is 6.92.